The second-order valence-corrected chi connectivity index (χ2v) is 12.6. The minimum absolute atomic E-state index is 0.645. The highest BCUT2D eigenvalue weighted by Crippen LogP contribution is 2.50. The van der Waals surface area contributed by atoms with Gasteiger partial charge in [-0.15, -0.1) is 0 Å². The third-order valence-electron chi connectivity index (χ3n) is 6.96. The van der Waals surface area contributed by atoms with Crippen LogP contribution >= 0.6 is 0 Å². The molecule has 0 amide bonds. The smallest absolute Gasteiger partial charge is 0.345 e. The van der Waals surface area contributed by atoms with Gasteiger partial charge in [-0.05, 0) is 36.8 Å². The van der Waals surface area contributed by atoms with E-state index in [0.717, 1.165) is 0 Å². The first-order valence-electron chi connectivity index (χ1n) is 11.7. The van der Waals surface area contributed by atoms with Gasteiger partial charge in [-0.3, -0.25) is 0 Å². The molecule has 2 aliphatic carbocycles. The molecule has 29 heavy (non-hydrogen) atoms. The molecule has 0 radical (unpaired) electrons. The van der Waals surface area contributed by atoms with Gasteiger partial charge in [0.15, 0.2) is 0 Å². The van der Waals surface area contributed by atoms with E-state index in [1.807, 2.05) is 0 Å². The monoisotopic (exact) mass is 408 g/mol. The average Bonchev–Trinajstić information content (AvgIpc) is 2.82. The molecule has 0 spiro atoms. The molecule has 2 fully saturated rings. The summed E-state index contributed by atoms with van der Waals surface area (Å²) in [5.74, 6) is 0. The van der Waals surface area contributed by atoms with Gasteiger partial charge in [-0.2, -0.15) is 0 Å². The summed E-state index contributed by atoms with van der Waals surface area (Å²) >= 11 is 0. The van der Waals surface area contributed by atoms with Crippen LogP contribution in [0.15, 0.2) is 60.7 Å². The van der Waals surface area contributed by atoms with Gasteiger partial charge in [-0.1, -0.05) is 99.2 Å². The molecule has 0 atom stereocenters. The van der Waals surface area contributed by atoms with Crippen LogP contribution in [0.1, 0.15) is 75.3 Å². The van der Waals surface area contributed by atoms with Crippen molar-refractivity contribution in [3.05, 3.63) is 71.8 Å². The molecule has 0 bridgehead atoms. The zero-order valence-corrected chi connectivity index (χ0v) is 18.7. The Kier molecular flexibility index (Phi) is 7.59. The van der Waals surface area contributed by atoms with E-state index in [9.17, 15) is 0 Å². The van der Waals surface area contributed by atoms with Crippen LogP contribution in [0, 0.1) is 0 Å². The summed E-state index contributed by atoms with van der Waals surface area (Å²) in [5, 5.41) is 0. The first-order valence-corrected chi connectivity index (χ1v) is 13.7. The zero-order valence-electron chi connectivity index (χ0n) is 17.7. The lowest BCUT2D eigenvalue weighted by Gasteiger charge is -2.45. The Hall–Kier alpha value is -1.42. The van der Waals surface area contributed by atoms with Crippen LogP contribution in [-0.2, 0) is 22.1 Å². The molecular formula is C26H36O2Si. The van der Waals surface area contributed by atoms with E-state index in [-0.39, 0.29) is 0 Å². The molecule has 0 N–H and O–H groups in total. The van der Waals surface area contributed by atoms with Crippen molar-refractivity contribution in [1.29, 1.82) is 0 Å². The molecule has 0 heterocycles. The highest BCUT2D eigenvalue weighted by atomic mass is 28.4. The lowest BCUT2D eigenvalue weighted by Crippen LogP contribution is -2.52. The SMILES string of the molecule is c1ccc(CO[Si](OCc2ccccc2)(C2CCCCC2)C2CCCCC2)cc1. The van der Waals surface area contributed by atoms with Crippen LogP contribution in [0.4, 0.5) is 0 Å². The van der Waals surface area contributed by atoms with Crippen LogP contribution in [0.3, 0.4) is 0 Å². The summed E-state index contributed by atoms with van der Waals surface area (Å²) < 4.78 is 14.1. The normalized spacial score (nSPS) is 19.3. The summed E-state index contributed by atoms with van der Waals surface area (Å²) in [6.07, 6.45) is 13.3. The van der Waals surface area contributed by atoms with Crippen molar-refractivity contribution in [2.45, 2.75) is 88.5 Å². The topological polar surface area (TPSA) is 18.5 Å². The second kappa shape index (κ2) is 10.6. The Bertz CT molecular complexity index is 643. The first kappa shape index (κ1) is 20.8. The summed E-state index contributed by atoms with van der Waals surface area (Å²) in [5.41, 5.74) is 3.84. The number of rotatable bonds is 8. The molecular weight excluding hydrogens is 372 g/mol. The van der Waals surface area contributed by atoms with Crippen LogP contribution < -0.4 is 0 Å². The van der Waals surface area contributed by atoms with E-state index in [0.29, 0.717) is 24.3 Å². The van der Waals surface area contributed by atoms with Gasteiger partial charge in [0.25, 0.3) is 0 Å². The van der Waals surface area contributed by atoms with E-state index in [2.05, 4.69) is 60.7 Å². The fourth-order valence-corrected chi connectivity index (χ4v) is 10.3. The Morgan fingerprint density at radius 1 is 0.552 bits per heavy atom. The molecule has 0 aromatic heterocycles. The van der Waals surface area contributed by atoms with Gasteiger partial charge >= 0.3 is 8.56 Å². The lowest BCUT2D eigenvalue weighted by molar-refractivity contribution is 0.120. The largest absolute Gasteiger partial charge is 0.389 e. The van der Waals surface area contributed by atoms with Gasteiger partial charge in [-0.25, -0.2) is 0 Å². The van der Waals surface area contributed by atoms with E-state index in [1.165, 1.54) is 75.3 Å². The van der Waals surface area contributed by atoms with Crippen molar-refractivity contribution in [3.63, 3.8) is 0 Å². The van der Waals surface area contributed by atoms with Crippen molar-refractivity contribution in [2.24, 2.45) is 0 Å². The molecule has 2 nitrogen and oxygen atoms in total. The maximum Gasteiger partial charge on any atom is 0.345 e. The average molecular weight is 409 g/mol. The van der Waals surface area contributed by atoms with Crippen LogP contribution in [0.2, 0.25) is 11.1 Å². The van der Waals surface area contributed by atoms with E-state index < -0.39 is 8.56 Å². The predicted octanol–water partition coefficient (Wildman–Crippen LogP) is 7.53. The third-order valence-corrected chi connectivity index (χ3v) is 11.6. The predicted molar refractivity (Wildman–Crippen MR) is 122 cm³/mol. The third kappa shape index (κ3) is 5.39. The summed E-state index contributed by atoms with van der Waals surface area (Å²) in [6, 6.07) is 21.4. The van der Waals surface area contributed by atoms with Crippen molar-refractivity contribution in [1.82, 2.24) is 0 Å². The molecule has 2 aromatic rings. The molecule has 0 unspecified atom stereocenters. The summed E-state index contributed by atoms with van der Waals surface area (Å²) in [6.45, 7) is 1.41. The molecule has 2 aliphatic rings. The maximum atomic E-state index is 7.03. The Labute approximate surface area is 177 Å². The second-order valence-electron chi connectivity index (χ2n) is 8.94. The molecule has 2 aromatic carbocycles. The highest BCUT2D eigenvalue weighted by molar-refractivity contribution is 6.70. The van der Waals surface area contributed by atoms with Crippen molar-refractivity contribution in [3.8, 4) is 0 Å². The molecule has 2 saturated carbocycles. The van der Waals surface area contributed by atoms with Gasteiger partial charge in [0, 0.05) is 11.1 Å². The van der Waals surface area contributed by atoms with Crippen LogP contribution in [0.25, 0.3) is 0 Å². The van der Waals surface area contributed by atoms with E-state index >= 15 is 0 Å². The molecule has 156 valence electrons. The first-order chi connectivity index (χ1) is 14.4. The van der Waals surface area contributed by atoms with Crippen LogP contribution in [0.5, 0.6) is 0 Å². The quantitative estimate of drug-likeness (QED) is 0.420. The number of hydrogen-bond acceptors (Lipinski definition) is 2. The number of benzene rings is 2. The van der Waals surface area contributed by atoms with Crippen molar-refractivity contribution >= 4 is 8.56 Å². The maximum absolute atomic E-state index is 7.03. The standard InChI is InChI=1S/C26H36O2Si/c1-5-13-23(14-6-1)21-27-29(25-17-9-3-10-18-25,26-19-11-4-12-20-26)28-22-24-15-7-2-8-16-24/h1-2,5-8,13-16,25-26H,3-4,9-12,17-22H2. The fourth-order valence-electron chi connectivity index (χ4n) is 5.40. The molecule has 0 aliphatic heterocycles. The highest BCUT2D eigenvalue weighted by Gasteiger charge is 2.52. The lowest BCUT2D eigenvalue weighted by atomic mass is 9.99. The minimum Gasteiger partial charge on any atom is -0.389 e. The Morgan fingerprint density at radius 2 is 0.931 bits per heavy atom. The fraction of sp³-hybridized carbons (Fsp3) is 0.538. The van der Waals surface area contributed by atoms with Crippen LogP contribution in [-0.4, -0.2) is 8.56 Å². The van der Waals surface area contributed by atoms with Gasteiger partial charge in [0.05, 0.1) is 13.2 Å². The van der Waals surface area contributed by atoms with Gasteiger partial charge < -0.3 is 8.85 Å². The zero-order chi connectivity index (χ0) is 19.8. The minimum atomic E-state index is -2.36. The van der Waals surface area contributed by atoms with Crippen molar-refractivity contribution in [2.75, 3.05) is 0 Å². The van der Waals surface area contributed by atoms with E-state index in [4.69, 9.17) is 8.85 Å². The van der Waals surface area contributed by atoms with Crippen molar-refractivity contribution < 1.29 is 8.85 Å². The van der Waals surface area contributed by atoms with Gasteiger partial charge in [0.2, 0.25) is 0 Å². The summed E-state index contributed by atoms with van der Waals surface area (Å²) in [7, 11) is -2.36. The van der Waals surface area contributed by atoms with Gasteiger partial charge in [0.1, 0.15) is 0 Å². The summed E-state index contributed by atoms with van der Waals surface area (Å²) in [4.78, 5) is 0. The Morgan fingerprint density at radius 3 is 1.31 bits per heavy atom. The van der Waals surface area contributed by atoms with E-state index in [1.54, 1.807) is 0 Å². The molecule has 0 saturated heterocycles. The molecule has 4 rings (SSSR count). The Balaban J connectivity index is 1.60. The molecule has 3 heteroatoms. The number of hydrogen-bond donors (Lipinski definition) is 0.